The minimum atomic E-state index is -1.19. The maximum atomic E-state index is 10.7. The van der Waals surface area contributed by atoms with Gasteiger partial charge in [0, 0.05) is 23.4 Å². The third-order valence-corrected chi connectivity index (χ3v) is 2.33. The Morgan fingerprint density at radius 3 is 2.56 bits per heavy atom. The van der Waals surface area contributed by atoms with E-state index in [0.717, 1.165) is 0 Å². The van der Waals surface area contributed by atoms with Gasteiger partial charge in [-0.3, -0.25) is 10.1 Å². The summed E-state index contributed by atoms with van der Waals surface area (Å²) in [6.07, 6.45) is 0. The molecule has 92 valence electrons. The molecule has 0 saturated carbocycles. The summed E-state index contributed by atoms with van der Waals surface area (Å²) in [5.41, 5.74) is 6.09. The Labute approximate surface area is 101 Å². The van der Waals surface area contributed by atoms with Crippen molar-refractivity contribution >= 4 is 17.3 Å². The number of hydrogen-bond acceptors (Lipinski definition) is 5. The van der Waals surface area contributed by atoms with Gasteiger partial charge in [0.2, 0.25) is 5.76 Å². The number of nitrogens with zero attached hydrogens (tertiary/aromatic N) is 1. The van der Waals surface area contributed by atoms with E-state index in [-0.39, 0.29) is 22.9 Å². The Kier molecular flexibility index (Phi) is 2.72. The molecule has 1 aromatic heterocycles. The van der Waals surface area contributed by atoms with Gasteiger partial charge in [-0.2, -0.15) is 0 Å². The summed E-state index contributed by atoms with van der Waals surface area (Å²) in [5.74, 6) is -1.16. The quantitative estimate of drug-likeness (QED) is 0.487. The van der Waals surface area contributed by atoms with Gasteiger partial charge in [0.15, 0.2) is 0 Å². The molecule has 0 spiro atoms. The SMILES string of the molecule is Nc1cc([N+](=O)[O-])ccc1-c1ccc(C(=O)O)o1. The van der Waals surface area contributed by atoms with E-state index < -0.39 is 10.9 Å². The van der Waals surface area contributed by atoms with Crippen LogP contribution in [0.15, 0.2) is 34.7 Å². The predicted molar refractivity (Wildman–Crippen MR) is 62.2 cm³/mol. The maximum absolute atomic E-state index is 10.7. The molecule has 0 saturated heterocycles. The molecule has 2 aromatic rings. The molecule has 7 nitrogen and oxygen atoms in total. The molecule has 0 aliphatic rings. The lowest BCUT2D eigenvalue weighted by atomic mass is 10.1. The van der Waals surface area contributed by atoms with Crippen LogP contribution in [0.2, 0.25) is 0 Å². The number of hydrogen-bond donors (Lipinski definition) is 2. The number of nitrogens with two attached hydrogens (primary N) is 1. The molecule has 2 rings (SSSR count). The number of carbonyl (C=O) groups is 1. The molecule has 0 radical (unpaired) electrons. The fraction of sp³-hybridized carbons (Fsp3) is 0. The molecule has 0 aliphatic heterocycles. The van der Waals surface area contributed by atoms with Crippen LogP contribution in [0.25, 0.3) is 11.3 Å². The molecule has 0 unspecified atom stereocenters. The van der Waals surface area contributed by atoms with E-state index in [0.29, 0.717) is 5.56 Å². The summed E-state index contributed by atoms with van der Waals surface area (Å²) >= 11 is 0. The van der Waals surface area contributed by atoms with Crippen LogP contribution in [0.5, 0.6) is 0 Å². The van der Waals surface area contributed by atoms with Crippen LogP contribution in [0.3, 0.4) is 0 Å². The van der Waals surface area contributed by atoms with Crippen molar-refractivity contribution in [1.82, 2.24) is 0 Å². The average Bonchev–Trinajstić information content (AvgIpc) is 2.78. The zero-order valence-electron chi connectivity index (χ0n) is 8.99. The fourth-order valence-electron chi connectivity index (χ4n) is 1.49. The van der Waals surface area contributed by atoms with Crippen LogP contribution < -0.4 is 5.73 Å². The van der Waals surface area contributed by atoms with Gasteiger partial charge in [-0.05, 0) is 18.2 Å². The summed E-state index contributed by atoms with van der Waals surface area (Å²) in [5, 5.41) is 19.3. The lowest BCUT2D eigenvalue weighted by Crippen LogP contribution is -1.94. The van der Waals surface area contributed by atoms with Gasteiger partial charge in [-0.25, -0.2) is 4.79 Å². The minimum absolute atomic E-state index is 0.138. The van der Waals surface area contributed by atoms with Crippen LogP contribution in [0.1, 0.15) is 10.6 Å². The van der Waals surface area contributed by atoms with E-state index in [4.69, 9.17) is 15.3 Å². The Bertz CT molecular complexity index is 632. The molecule has 0 fully saturated rings. The molecule has 7 heteroatoms. The highest BCUT2D eigenvalue weighted by molar-refractivity contribution is 5.86. The third kappa shape index (κ3) is 2.01. The van der Waals surface area contributed by atoms with Crippen molar-refractivity contribution in [2.45, 2.75) is 0 Å². The van der Waals surface area contributed by atoms with Gasteiger partial charge in [-0.1, -0.05) is 0 Å². The largest absolute Gasteiger partial charge is 0.475 e. The number of non-ortho nitro benzene ring substituents is 1. The van der Waals surface area contributed by atoms with E-state index >= 15 is 0 Å². The number of nitrogen functional groups attached to an aromatic ring is 1. The van der Waals surface area contributed by atoms with Crippen molar-refractivity contribution in [1.29, 1.82) is 0 Å². The number of nitro groups is 1. The van der Waals surface area contributed by atoms with Gasteiger partial charge >= 0.3 is 5.97 Å². The normalized spacial score (nSPS) is 10.2. The highest BCUT2D eigenvalue weighted by Gasteiger charge is 2.14. The first-order chi connectivity index (χ1) is 8.49. The van der Waals surface area contributed by atoms with E-state index in [1.165, 1.54) is 30.3 Å². The number of anilines is 1. The molecule has 0 atom stereocenters. The van der Waals surface area contributed by atoms with E-state index in [2.05, 4.69) is 0 Å². The van der Waals surface area contributed by atoms with Crippen LogP contribution >= 0.6 is 0 Å². The van der Waals surface area contributed by atoms with Crippen LogP contribution in [-0.2, 0) is 0 Å². The Balaban J connectivity index is 2.44. The molecule has 1 aromatic carbocycles. The second-order valence-electron chi connectivity index (χ2n) is 3.50. The van der Waals surface area contributed by atoms with Crippen molar-refractivity contribution in [3.05, 3.63) is 46.2 Å². The minimum Gasteiger partial charge on any atom is -0.475 e. The number of carboxylic acid groups (broad SMARTS) is 1. The van der Waals surface area contributed by atoms with E-state index in [1.54, 1.807) is 0 Å². The lowest BCUT2D eigenvalue weighted by Gasteiger charge is -2.01. The number of nitro benzene ring substituents is 1. The summed E-state index contributed by atoms with van der Waals surface area (Å²) in [4.78, 5) is 20.6. The predicted octanol–water partition coefficient (Wildman–Crippen LogP) is 2.14. The third-order valence-electron chi connectivity index (χ3n) is 2.33. The molecule has 18 heavy (non-hydrogen) atoms. The second-order valence-corrected chi connectivity index (χ2v) is 3.50. The summed E-state index contributed by atoms with van der Waals surface area (Å²) in [6.45, 7) is 0. The fourth-order valence-corrected chi connectivity index (χ4v) is 1.49. The molecular weight excluding hydrogens is 240 g/mol. The van der Waals surface area contributed by atoms with Crippen LogP contribution in [0, 0.1) is 10.1 Å². The molecular formula is C11H8N2O5. The van der Waals surface area contributed by atoms with Crippen LogP contribution in [0.4, 0.5) is 11.4 Å². The molecule has 0 aliphatic carbocycles. The van der Waals surface area contributed by atoms with Gasteiger partial charge in [-0.15, -0.1) is 0 Å². The topological polar surface area (TPSA) is 120 Å². The van der Waals surface area contributed by atoms with Gasteiger partial charge in [0.05, 0.1) is 4.92 Å². The molecule has 1 heterocycles. The van der Waals surface area contributed by atoms with Crippen molar-refractivity contribution in [3.63, 3.8) is 0 Å². The summed E-state index contributed by atoms with van der Waals surface area (Å²) in [7, 11) is 0. The number of carboxylic acids is 1. The zero-order valence-corrected chi connectivity index (χ0v) is 8.99. The number of aromatic carboxylic acids is 1. The Morgan fingerprint density at radius 1 is 1.33 bits per heavy atom. The van der Waals surface area contributed by atoms with Crippen molar-refractivity contribution in [2.75, 3.05) is 5.73 Å². The second kappa shape index (κ2) is 4.21. The van der Waals surface area contributed by atoms with Crippen LogP contribution in [-0.4, -0.2) is 16.0 Å². The Morgan fingerprint density at radius 2 is 2.06 bits per heavy atom. The molecule has 3 N–H and O–H groups in total. The Hall–Kier alpha value is -2.83. The lowest BCUT2D eigenvalue weighted by molar-refractivity contribution is -0.384. The van der Waals surface area contributed by atoms with Crippen molar-refractivity contribution in [3.8, 4) is 11.3 Å². The smallest absolute Gasteiger partial charge is 0.371 e. The van der Waals surface area contributed by atoms with Gasteiger partial charge in [0.25, 0.3) is 5.69 Å². The molecule has 0 amide bonds. The summed E-state index contributed by atoms with van der Waals surface area (Å²) < 4.78 is 5.06. The average molecular weight is 248 g/mol. The van der Waals surface area contributed by atoms with E-state index in [1.807, 2.05) is 0 Å². The number of furan rings is 1. The van der Waals surface area contributed by atoms with Gasteiger partial charge in [0.1, 0.15) is 5.76 Å². The highest BCUT2D eigenvalue weighted by Crippen LogP contribution is 2.30. The standard InChI is InChI=1S/C11H8N2O5/c12-8-5-6(13(16)17)1-2-7(8)9-3-4-10(18-9)11(14)15/h1-5H,12H2,(H,14,15). The van der Waals surface area contributed by atoms with E-state index in [9.17, 15) is 14.9 Å². The van der Waals surface area contributed by atoms with Crippen molar-refractivity contribution in [2.24, 2.45) is 0 Å². The first kappa shape index (κ1) is 11.6. The zero-order chi connectivity index (χ0) is 13.3. The number of rotatable bonds is 3. The number of benzene rings is 1. The highest BCUT2D eigenvalue weighted by atomic mass is 16.6. The first-order valence-corrected chi connectivity index (χ1v) is 4.86. The maximum Gasteiger partial charge on any atom is 0.371 e. The van der Waals surface area contributed by atoms with Gasteiger partial charge < -0.3 is 15.3 Å². The first-order valence-electron chi connectivity index (χ1n) is 4.86. The van der Waals surface area contributed by atoms with Crippen molar-refractivity contribution < 1.29 is 19.2 Å². The summed E-state index contributed by atoms with van der Waals surface area (Å²) in [6, 6.07) is 6.62. The molecule has 0 bridgehead atoms. The monoisotopic (exact) mass is 248 g/mol.